The first-order chi connectivity index (χ1) is 6.47. The molecule has 1 saturated carbocycles. The lowest BCUT2D eigenvalue weighted by atomic mass is 9.80. The fourth-order valence-electron chi connectivity index (χ4n) is 1.55. The van der Waals surface area contributed by atoms with Crippen molar-refractivity contribution in [2.75, 3.05) is 6.54 Å². The minimum absolute atomic E-state index is 0.0828. The largest absolute Gasteiger partial charge is 0.353 e. The van der Waals surface area contributed by atoms with Crippen LogP contribution in [0.5, 0.6) is 0 Å². The summed E-state index contributed by atoms with van der Waals surface area (Å²) in [7, 11) is 0. The van der Waals surface area contributed by atoms with Gasteiger partial charge in [0.05, 0.1) is 5.41 Å². The van der Waals surface area contributed by atoms with Crippen molar-refractivity contribution < 1.29 is 4.79 Å². The summed E-state index contributed by atoms with van der Waals surface area (Å²) in [5.74, 6) is 0.770. The summed E-state index contributed by atoms with van der Waals surface area (Å²) in [6, 6.07) is 0.307. The van der Waals surface area contributed by atoms with Crippen LogP contribution in [0.3, 0.4) is 0 Å². The normalized spacial score (nSPS) is 20.0. The molecular formula is C11H22N2O. The first-order valence-corrected chi connectivity index (χ1v) is 5.48. The summed E-state index contributed by atoms with van der Waals surface area (Å²) in [5.41, 5.74) is 5.11. The van der Waals surface area contributed by atoms with Gasteiger partial charge in [0.1, 0.15) is 0 Å². The van der Waals surface area contributed by atoms with E-state index in [1.807, 2.05) is 13.8 Å². The fraction of sp³-hybridized carbons (Fsp3) is 0.909. The monoisotopic (exact) mass is 198 g/mol. The molecule has 1 fully saturated rings. The Morgan fingerprint density at radius 3 is 2.50 bits per heavy atom. The van der Waals surface area contributed by atoms with Gasteiger partial charge < -0.3 is 11.1 Å². The smallest absolute Gasteiger partial charge is 0.227 e. The highest BCUT2D eigenvalue weighted by molar-refractivity contribution is 5.82. The van der Waals surface area contributed by atoms with Crippen molar-refractivity contribution in [2.45, 2.75) is 46.1 Å². The third kappa shape index (κ3) is 2.47. The molecule has 1 aliphatic carbocycles. The molecular weight excluding hydrogens is 176 g/mol. The summed E-state index contributed by atoms with van der Waals surface area (Å²) in [6.07, 6.45) is 3.82. The Hall–Kier alpha value is -0.570. The van der Waals surface area contributed by atoms with Crippen LogP contribution in [0.15, 0.2) is 0 Å². The Kier molecular flexibility index (Phi) is 3.53. The number of nitrogens with two attached hydrogens (primary N) is 1. The predicted octanol–water partition coefficient (Wildman–Crippen LogP) is 1.28. The van der Waals surface area contributed by atoms with Gasteiger partial charge in [-0.3, -0.25) is 4.79 Å². The molecule has 1 atom stereocenters. The third-order valence-corrected chi connectivity index (χ3v) is 3.34. The second-order valence-corrected chi connectivity index (χ2v) is 5.04. The molecule has 1 unspecified atom stereocenters. The second-order valence-electron chi connectivity index (χ2n) is 5.04. The topological polar surface area (TPSA) is 55.1 Å². The van der Waals surface area contributed by atoms with Gasteiger partial charge in [0, 0.05) is 12.6 Å². The quantitative estimate of drug-likeness (QED) is 0.715. The average Bonchev–Trinajstić information content (AvgIpc) is 2.00. The number of rotatable bonds is 4. The van der Waals surface area contributed by atoms with Crippen LogP contribution in [0, 0.1) is 11.3 Å². The molecule has 3 nitrogen and oxygen atoms in total. The van der Waals surface area contributed by atoms with Gasteiger partial charge in [-0.2, -0.15) is 0 Å². The van der Waals surface area contributed by atoms with E-state index in [1.165, 1.54) is 19.3 Å². The van der Waals surface area contributed by atoms with Gasteiger partial charge in [-0.25, -0.2) is 0 Å². The van der Waals surface area contributed by atoms with Crippen molar-refractivity contribution >= 4 is 5.91 Å². The molecule has 0 aliphatic heterocycles. The van der Waals surface area contributed by atoms with Crippen LogP contribution < -0.4 is 11.1 Å². The molecule has 0 saturated heterocycles. The lowest BCUT2D eigenvalue weighted by Crippen LogP contribution is -2.48. The van der Waals surface area contributed by atoms with Crippen molar-refractivity contribution in [2.24, 2.45) is 17.1 Å². The Labute approximate surface area is 86.4 Å². The van der Waals surface area contributed by atoms with Crippen LogP contribution in [0.2, 0.25) is 0 Å². The summed E-state index contributed by atoms with van der Waals surface area (Å²) >= 11 is 0. The van der Waals surface area contributed by atoms with Gasteiger partial charge in [-0.15, -0.1) is 0 Å². The fourth-order valence-corrected chi connectivity index (χ4v) is 1.55. The maximum absolute atomic E-state index is 11.8. The highest BCUT2D eigenvalue weighted by atomic mass is 16.2. The molecule has 1 rings (SSSR count). The van der Waals surface area contributed by atoms with Crippen LogP contribution >= 0.6 is 0 Å². The lowest BCUT2D eigenvalue weighted by molar-refractivity contribution is -0.130. The van der Waals surface area contributed by atoms with E-state index in [0.717, 1.165) is 0 Å². The van der Waals surface area contributed by atoms with Crippen LogP contribution in [0.4, 0.5) is 0 Å². The zero-order valence-electron chi connectivity index (χ0n) is 9.47. The molecule has 1 amide bonds. The van der Waals surface area contributed by atoms with Crippen LogP contribution in [0.25, 0.3) is 0 Å². The van der Waals surface area contributed by atoms with Gasteiger partial charge in [0.15, 0.2) is 0 Å². The van der Waals surface area contributed by atoms with E-state index in [1.54, 1.807) is 0 Å². The zero-order valence-corrected chi connectivity index (χ0v) is 9.47. The molecule has 14 heavy (non-hydrogen) atoms. The molecule has 0 heterocycles. The van der Waals surface area contributed by atoms with E-state index < -0.39 is 5.41 Å². The molecule has 1 aliphatic rings. The highest BCUT2D eigenvalue weighted by Crippen LogP contribution is 2.29. The van der Waals surface area contributed by atoms with E-state index >= 15 is 0 Å². The molecule has 0 spiro atoms. The van der Waals surface area contributed by atoms with Crippen LogP contribution in [-0.2, 0) is 4.79 Å². The van der Waals surface area contributed by atoms with Gasteiger partial charge in [-0.1, -0.05) is 6.42 Å². The maximum Gasteiger partial charge on any atom is 0.227 e. The molecule has 82 valence electrons. The van der Waals surface area contributed by atoms with Crippen LogP contribution in [0.1, 0.15) is 40.0 Å². The minimum atomic E-state index is -0.433. The average molecular weight is 198 g/mol. The highest BCUT2D eigenvalue weighted by Gasteiger charge is 2.30. The first kappa shape index (κ1) is 11.5. The van der Waals surface area contributed by atoms with E-state index in [9.17, 15) is 4.79 Å². The van der Waals surface area contributed by atoms with Crippen molar-refractivity contribution in [1.82, 2.24) is 5.32 Å². The van der Waals surface area contributed by atoms with E-state index in [2.05, 4.69) is 12.2 Å². The van der Waals surface area contributed by atoms with Gasteiger partial charge in [-0.05, 0) is 39.5 Å². The standard InChI is InChI=1S/C11H22N2O/c1-8(9-5-4-6-9)13-10(14)11(2,3)7-12/h8-9H,4-7,12H2,1-3H3,(H,13,14). The third-order valence-electron chi connectivity index (χ3n) is 3.34. The molecule has 0 bridgehead atoms. The van der Waals surface area contributed by atoms with Gasteiger partial charge in [0.2, 0.25) is 5.91 Å². The van der Waals surface area contributed by atoms with E-state index in [-0.39, 0.29) is 5.91 Å². The van der Waals surface area contributed by atoms with E-state index in [0.29, 0.717) is 18.5 Å². The SMILES string of the molecule is CC(NC(=O)C(C)(C)CN)C1CCC1. The molecule has 3 heteroatoms. The van der Waals surface area contributed by atoms with Crippen molar-refractivity contribution in [1.29, 1.82) is 0 Å². The second kappa shape index (κ2) is 4.30. The molecule has 0 aromatic carbocycles. The minimum Gasteiger partial charge on any atom is -0.353 e. The van der Waals surface area contributed by atoms with Crippen LogP contribution in [-0.4, -0.2) is 18.5 Å². The molecule has 0 aromatic rings. The summed E-state index contributed by atoms with van der Waals surface area (Å²) in [4.78, 5) is 11.8. The predicted molar refractivity (Wildman–Crippen MR) is 57.8 cm³/mol. The van der Waals surface area contributed by atoms with Crippen molar-refractivity contribution in [3.8, 4) is 0 Å². The summed E-state index contributed by atoms with van der Waals surface area (Å²) in [6.45, 7) is 6.26. The number of hydrogen-bond donors (Lipinski definition) is 2. The number of hydrogen-bond acceptors (Lipinski definition) is 2. The lowest BCUT2D eigenvalue weighted by Gasteiger charge is -2.34. The molecule has 0 radical (unpaired) electrons. The van der Waals surface area contributed by atoms with Gasteiger partial charge in [0.25, 0.3) is 0 Å². The summed E-state index contributed by atoms with van der Waals surface area (Å²) < 4.78 is 0. The zero-order chi connectivity index (χ0) is 10.8. The number of nitrogens with one attached hydrogen (secondary N) is 1. The Balaban J connectivity index is 2.39. The maximum atomic E-state index is 11.8. The Bertz CT molecular complexity index is 209. The molecule has 0 aromatic heterocycles. The van der Waals surface area contributed by atoms with Gasteiger partial charge >= 0.3 is 0 Å². The van der Waals surface area contributed by atoms with E-state index in [4.69, 9.17) is 5.73 Å². The Morgan fingerprint density at radius 1 is 1.57 bits per heavy atom. The first-order valence-electron chi connectivity index (χ1n) is 5.48. The number of amides is 1. The van der Waals surface area contributed by atoms with Crippen molar-refractivity contribution in [3.05, 3.63) is 0 Å². The van der Waals surface area contributed by atoms with Crippen molar-refractivity contribution in [3.63, 3.8) is 0 Å². The number of carbonyl (C=O) groups excluding carboxylic acids is 1. The molecule has 3 N–H and O–H groups in total. The number of carbonyl (C=O) groups is 1. The summed E-state index contributed by atoms with van der Waals surface area (Å²) in [5, 5.41) is 3.05. The Morgan fingerprint density at radius 2 is 2.14 bits per heavy atom.